The molecule has 0 aliphatic carbocycles. The number of carbonyl (C=O) groups is 1. The summed E-state index contributed by atoms with van der Waals surface area (Å²) in [4.78, 5) is 27.8. The number of piperidine rings is 1. The first-order chi connectivity index (χ1) is 16.9. The Balaban J connectivity index is 1.32. The number of nitrogens with zero attached hydrogens (tertiary/aromatic N) is 2. The van der Waals surface area contributed by atoms with Crippen molar-refractivity contribution in [3.8, 4) is 11.5 Å². The quantitative estimate of drug-likeness (QED) is 0.578. The molecule has 0 spiro atoms. The zero-order valence-corrected chi connectivity index (χ0v) is 19.3. The average Bonchev–Trinajstić information content (AvgIpc) is 3.15. The molecule has 1 N–H and O–H groups in total. The highest BCUT2D eigenvalue weighted by molar-refractivity contribution is 6.15. The number of hydrogen-bond acceptors (Lipinski definition) is 5. The third kappa shape index (κ3) is 3.67. The van der Waals surface area contributed by atoms with Gasteiger partial charge < -0.3 is 14.4 Å². The zero-order valence-electron chi connectivity index (χ0n) is 19.3. The van der Waals surface area contributed by atoms with Gasteiger partial charge in [-0.1, -0.05) is 24.3 Å². The molecule has 4 heterocycles. The first-order valence-corrected chi connectivity index (χ1v) is 11.9. The number of likely N-dealkylation sites (tertiary alicyclic amines) is 1. The normalized spacial score (nSPS) is 22.1. The standard InChI is InChI=1S/C28H25FN2O4/c1-16-9-23(32)20(28-26(16)27(34)24(35-28)11-18-5-2-3-6-21(18)29)15-30-12-17-10-19(14-30)22-7-4-8-25(33)31(22)13-17/h2-9,11,17,19,32H,10,12-15H2,1H3/b24-11-/t17-,19+/m1/s1. The van der Waals surface area contributed by atoms with Gasteiger partial charge in [0.15, 0.2) is 5.76 Å². The van der Waals surface area contributed by atoms with Crippen LogP contribution in [-0.4, -0.2) is 33.4 Å². The maximum atomic E-state index is 14.2. The van der Waals surface area contributed by atoms with E-state index in [0.29, 0.717) is 41.4 Å². The molecular weight excluding hydrogens is 447 g/mol. The van der Waals surface area contributed by atoms with Crippen LogP contribution in [0.15, 0.2) is 59.1 Å². The zero-order chi connectivity index (χ0) is 24.3. The number of Topliss-reactive ketones (excluding diaryl/α,β-unsaturated/α-hetero) is 1. The second-order valence-electron chi connectivity index (χ2n) is 9.75. The molecule has 3 aliphatic heterocycles. The number of carbonyl (C=O) groups excluding carboxylic acids is 1. The third-order valence-corrected chi connectivity index (χ3v) is 7.35. The minimum absolute atomic E-state index is 0.0423. The van der Waals surface area contributed by atoms with Gasteiger partial charge in [-0.15, -0.1) is 0 Å². The van der Waals surface area contributed by atoms with Gasteiger partial charge in [-0.25, -0.2) is 4.39 Å². The first-order valence-electron chi connectivity index (χ1n) is 11.9. The van der Waals surface area contributed by atoms with E-state index in [1.807, 2.05) is 16.7 Å². The molecule has 35 heavy (non-hydrogen) atoms. The summed E-state index contributed by atoms with van der Waals surface area (Å²) >= 11 is 0. The minimum Gasteiger partial charge on any atom is -0.507 e. The van der Waals surface area contributed by atoms with Crippen molar-refractivity contribution < 1.29 is 19.0 Å². The third-order valence-electron chi connectivity index (χ3n) is 7.35. The lowest BCUT2D eigenvalue weighted by molar-refractivity contribution is 0.101. The number of phenols is 1. The summed E-state index contributed by atoms with van der Waals surface area (Å²) in [5, 5.41) is 10.8. The number of aryl methyl sites for hydroxylation is 1. The molecule has 1 aromatic heterocycles. The van der Waals surface area contributed by atoms with E-state index < -0.39 is 5.82 Å². The van der Waals surface area contributed by atoms with E-state index in [1.54, 1.807) is 37.3 Å². The molecule has 0 saturated carbocycles. The van der Waals surface area contributed by atoms with Gasteiger partial charge in [-0.3, -0.25) is 14.5 Å². The molecule has 2 aromatic carbocycles. The average molecular weight is 473 g/mol. The van der Waals surface area contributed by atoms with E-state index in [4.69, 9.17) is 4.74 Å². The van der Waals surface area contributed by atoms with E-state index in [2.05, 4.69) is 4.90 Å². The Morgan fingerprint density at radius 1 is 1.11 bits per heavy atom. The summed E-state index contributed by atoms with van der Waals surface area (Å²) in [5.41, 5.74) is 2.95. The number of fused-ring (bicyclic) bond motifs is 5. The molecule has 0 amide bonds. The van der Waals surface area contributed by atoms with Gasteiger partial charge in [0, 0.05) is 49.4 Å². The van der Waals surface area contributed by atoms with Gasteiger partial charge in [-0.05, 0) is 49.1 Å². The molecule has 0 unspecified atom stereocenters. The molecule has 178 valence electrons. The maximum absolute atomic E-state index is 14.2. The highest BCUT2D eigenvalue weighted by Gasteiger charge is 2.37. The summed E-state index contributed by atoms with van der Waals surface area (Å²) in [6, 6.07) is 13.3. The molecule has 6 rings (SSSR count). The SMILES string of the molecule is Cc1cc(O)c(CN2C[C@H]3C[C@@H](C2)c2cccc(=O)n2C3)c2c1C(=O)/C(=C/c1ccccc1F)O2. The summed E-state index contributed by atoms with van der Waals surface area (Å²) in [6.45, 7) is 4.39. The van der Waals surface area contributed by atoms with Crippen LogP contribution in [0.5, 0.6) is 11.5 Å². The van der Waals surface area contributed by atoms with Crippen LogP contribution in [0.25, 0.3) is 6.08 Å². The van der Waals surface area contributed by atoms with Gasteiger partial charge in [0.25, 0.3) is 5.56 Å². The number of pyridine rings is 1. The van der Waals surface area contributed by atoms with Gasteiger partial charge >= 0.3 is 0 Å². The van der Waals surface area contributed by atoms with Crippen LogP contribution in [0, 0.1) is 18.7 Å². The topological polar surface area (TPSA) is 71.8 Å². The molecule has 2 atom stereocenters. The summed E-state index contributed by atoms with van der Waals surface area (Å²) in [6.07, 6.45) is 2.44. The van der Waals surface area contributed by atoms with Crippen molar-refractivity contribution in [2.45, 2.75) is 32.4 Å². The predicted octanol–water partition coefficient (Wildman–Crippen LogP) is 4.24. The molecule has 0 radical (unpaired) electrons. The van der Waals surface area contributed by atoms with Gasteiger partial charge in [-0.2, -0.15) is 0 Å². The Morgan fingerprint density at radius 3 is 2.77 bits per heavy atom. The number of aromatic nitrogens is 1. The smallest absolute Gasteiger partial charge is 0.250 e. The van der Waals surface area contributed by atoms with Crippen molar-refractivity contribution in [3.05, 3.63) is 98.4 Å². The van der Waals surface area contributed by atoms with E-state index in [0.717, 1.165) is 25.2 Å². The Kier molecular flexibility index (Phi) is 5.11. The van der Waals surface area contributed by atoms with Crippen molar-refractivity contribution in [3.63, 3.8) is 0 Å². The number of ketones is 1. The van der Waals surface area contributed by atoms with Crippen molar-refractivity contribution >= 4 is 11.9 Å². The van der Waals surface area contributed by atoms with Crippen molar-refractivity contribution in [2.75, 3.05) is 13.1 Å². The van der Waals surface area contributed by atoms with Crippen LogP contribution >= 0.6 is 0 Å². The van der Waals surface area contributed by atoms with Crippen LogP contribution in [0.2, 0.25) is 0 Å². The predicted molar refractivity (Wildman–Crippen MR) is 129 cm³/mol. The monoisotopic (exact) mass is 472 g/mol. The number of ether oxygens (including phenoxy) is 1. The number of phenolic OH excluding ortho intramolecular Hbond substituents is 1. The number of halogens is 1. The number of hydrogen-bond donors (Lipinski definition) is 1. The van der Waals surface area contributed by atoms with Crippen molar-refractivity contribution in [1.29, 1.82) is 0 Å². The Bertz CT molecular complexity index is 1460. The van der Waals surface area contributed by atoms with Crippen LogP contribution in [0.1, 0.15) is 45.1 Å². The molecule has 1 saturated heterocycles. The lowest BCUT2D eigenvalue weighted by Gasteiger charge is -2.43. The second-order valence-corrected chi connectivity index (χ2v) is 9.75. The second kappa shape index (κ2) is 8.20. The Labute approximate surface area is 201 Å². The largest absolute Gasteiger partial charge is 0.507 e. The van der Waals surface area contributed by atoms with E-state index in [1.165, 1.54) is 12.1 Å². The van der Waals surface area contributed by atoms with Crippen LogP contribution < -0.4 is 10.3 Å². The first kappa shape index (κ1) is 21.8. The number of benzene rings is 2. The Hall–Kier alpha value is -3.71. The molecule has 2 bridgehead atoms. The molecule has 7 heteroatoms. The number of allylic oxidation sites excluding steroid dienone is 1. The summed E-state index contributed by atoms with van der Waals surface area (Å²) in [5.74, 6) is 0.286. The van der Waals surface area contributed by atoms with E-state index in [9.17, 15) is 19.1 Å². The lowest BCUT2D eigenvalue weighted by atomic mass is 9.83. The molecule has 3 aliphatic rings. The number of aromatic hydroxyl groups is 1. The molecular formula is C28H25FN2O4. The number of rotatable bonds is 3. The fourth-order valence-corrected chi connectivity index (χ4v) is 5.81. The van der Waals surface area contributed by atoms with Crippen LogP contribution in [0.4, 0.5) is 4.39 Å². The summed E-state index contributed by atoms with van der Waals surface area (Å²) in [7, 11) is 0. The van der Waals surface area contributed by atoms with E-state index >= 15 is 0 Å². The fraction of sp³-hybridized carbons (Fsp3) is 0.286. The lowest BCUT2D eigenvalue weighted by Crippen LogP contribution is -2.46. The Morgan fingerprint density at radius 2 is 1.94 bits per heavy atom. The summed E-state index contributed by atoms with van der Waals surface area (Å²) < 4.78 is 22.1. The molecule has 3 aromatic rings. The fourth-order valence-electron chi connectivity index (χ4n) is 5.81. The molecule has 6 nitrogen and oxygen atoms in total. The van der Waals surface area contributed by atoms with Gasteiger partial charge in [0.1, 0.15) is 17.3 Å². The highest BCUT2D eigenvalue weighted by atomic mass is 19.1. The molecule has 1 fully saturated rings. The van der Waals surface area contributed by atoms with Crippen molar-refractivity contribution in [2.24, 2.45) is 5.92 Å². The van der Waals surface area contributed by atoms with Crippen LogP contribution in [-0.2, 0) is 13.1 Å². The highest BCUT2D eigenvalue weighted by Crippen LogP contribution is 2.44. The maximum Gasteiger partial charge on any atom is 0.250 e. The van der Waals surface area contributed by atoms with Crippen LogP contribution in [0.3, 0.4) is 0 Å². The van der Waals surface area contributed by atoms with E-state index in [-0.39, 0.29) is 34.3 Å². The minimum atomic E-state index is -0.439. The van der Waals surface area contributed by atoms with Gasteiger partial charge in [0.05, 0.1) is 11.1 Å². The van der Waals surface area contributed by atoms with Gasteiger partial charge in [0.2, 0.25) is 5.78 Å². The van der Waals surface area contributed by atoms with Crippen molar-refractivity contribution in [1.82, 2.24) is 9.47 Å².